The van der Waals surface area contributed by atoms with Gasteiger partial charge in [0.1, 0.15) is 5.82 Å². The highest BCUT2D eigenvalue weighted by atomic mass is 35.5. The second-order valence-electron chi connectivity index (χ2n) is 3.40. The molecule has 1 aliphatic heterocycles. The molecule has 1 atom stereocenters. The highest BCUT2D eigenvalue weighted by molar-refractivity contribution is 6.28. The van der Waals surface area contributed by atoms with Gasteiger partial charge in [0.25, 0.3) is 0 Å². The van der Waals surface area contributed by atoms with E-state index in [0.717, 1.165) is 18.9 Å². The summed E-state index contributed by atoms with van der Waals surface area (Å²) in [7, 11) is 0. The zero-order valence-electron chi connectivity index (χ0n) is 7.83. The predicted molar refractivity (Wildman–Crippen MR) is 56.6 cm³/mol. The van der Waals surface area contributed by atoms with Crippen LogP contribution in [0.25, 0.3) is 0 Å². The Morgan fingerprint density at radius 2 is 2.50 bits per heavy atom. The molecule has 2 rings (SSSR count). The van der Waals surface area contributed by atoms with Gasteiger partial charge in [0, 0.05) is 18.8 Å². The maximum Gasteiger partial charge on any atom is 0.224 e. The standard InChI is InChI=1S/C9H13ClN4/c10-9-12-5-3-8(14-9)13-7-2-1-4-11-6-7/h3,5,7,11H,1-2,4,6H2,(H,12,13,14)/t7-/m1/s1. The SMILES string of the molecule is Clc1nccc(N[C@@H]2CCCNC2)n1. The van der Waals surface area contributed by atoms with Crippen molar-refractivity contribution in [2.75, 3.05) is 18.4 Å². The molecule has 5 heteroatoms. The van der Waals surface area contributed by atoms with Gasteiger partial charge < -0.3 is 10.6 Å². The predicted octanol–water partition coefficient (Wildman–Crippen LogP) is 1.29. The summed E-state index contributed by atoms with van der Waals surface area (Å²) in [6.07, 6.45) is 4.04. The van der Waals surface area contributed by atoms with Gasteiger partial charge in [-0.2, -0.15) is 0 Å². The Morgan fingerprint density at radius 1 is 1.57 bits per heavy atom. The summed E-state index contributed by atoms with van der Waals surface area (Å²) in [4.78, 5) is 7.91. The van der Waals surface area contributed by atoms with Crippen molar-refractivity contribution in [2.24, 2.45) is 0 Å². The Kier molecular flexibility index (Phi) is 3.16. The van der Waals surface area contributed by atoms with Gasteiger partial charge in [-0.25, -0.2) is 9.97 Å². The van der Waals surface area contributed by atoms with E-state index in [2.05, 4.69) is 20.6 Å². The van der Waals surface area contributed by atoms with Gasteiger partial charge in [0.05, 0.1) is 0 Å². The van der Waals surface area contributed by atoms with Crippen LogP contribution >= 0.6 is 11.6 Å². The van der Waals surface area contributed by atoms with E-state index in [0.29, 0.717) is 11.3 Å². The Bertz CT molecular complexity index is 299. The minimum absolute atomic E-state index is 0.291. The first-order chi connectivity index (χ1) is 6.84. The molecule has 0 unspecified atom stereocenters. The number of piperidine rings is 1. The molecule has 1 aromatic rings. The summed E-state index contributed by atoms with van der Waals surface area (Å²) in [6, 6.07) is 2.29. The smallest absolute Gasteiger partial charge is 0.224 e. The molecule has 0 bridgehead atoms. The molecule has 0 aromatic carbocycles. The molecular weight excluding hydrogens is 200 g/mol. The highest BCUT2D eigenvalue weighted by Gasteiger charge is 2.12. The van der Waals surface area contributed by atoms with Crippen molar-refractivity contribution in [1.82, 2.24) is 15.3 Å². The number of nitrogens with one attached hydrogen (secondary N) is 2. The Hall–Kier alpha value is -0.870. The zero-order valence-corrected chi connectivity index (χ0v) is 8.59. The molecule has 1 aromatic heterocycles. The largest absolute Gasteiger partial charge is 0.366 e. The third-order valence-corrected chi connectivity index (χ3v) is 2.46. The fraction of sp³-hybridized carbons (Fsp3) is 0.556. The molecule has 0 radical (unpaired) electrons. The number of hydrogen-bond acceptors (Lipinski definition) is 4. The summed E-state index contributed by atoms with van der Waals surface area (Å²) in [6.45, 7) is 2.10. The topological polar surface area (TPSA) is 49.8 Å². The molecule has 0 spiro atoms. The molecule has 0 saturated carbocycles. The van der Waals surface area contributed by atoms with Crippen molar-refractivity contribution in [3.05, 3.63) is 17.5 Å². The van der Waals surface area contributed by atoms with E-state index in [1.54, 1.807) is 6.20 Å². The Morgan fingerprint density at radius 3 is 3.21 bits per heavy atom. The molecule has 76 valence electrons. The van der Waals surface area contributed by atoms with Crippen LogP contribution in [0.1, 0.15) is 12.8 Å². The maximum absolute atomic E-state index is 5.68. The average molecular weight is 213 g/mol. The third-order valence-electron chi connectivity index (χ3n) is 2.28. The molecule has 1 saturated heterocycles. The van der Waals surface area contributed by atoms with Crippen LogP contribution < -0.4 is 10.6 Å². The van der Waals surface area contributed by atoms with Crippen molar-refractivity contribution in [3.63, 3.8) is 0 Å². The number of halogens is 1. The Labute approximate surface area is 88.1 Å². The van der Waals surface area contributed by atoms with Gasteiger partial charge in [-0.3, -0.25) is 0 Å². The number of aromatic nitrogens is 2. The van der Waals surface area contributed by atoms with E-state index < -0.39 is 0 Å². The first-order valence-corrected chi connectivity index (χ1v) is 5.18. The summed E-state index contributed by atoms with van der Waals surface area (Å²) >= 11 is 5.68. The summed E-state index contributed by atoms with van der Waals surface area (Å²) in [5.41, 5.74) is 0. The fourth-order valence-electron chi connectivity index (χ4n) is 1.60. The van der Waals surface area contributed by atoms with E-state index in [4.69, 9.17) is 11.6 Å². The minimum Gasteiger partial charge on any atom is -0.366 e. The lowest BCUT2D eigenvalue weighted by Gasteiger charge is -2.24. The van der Waals surface area contributed by atoms with Crippen molar-refractivity contribution in [1.29, 1.82) is 0 Å². The lowest BCUT2D eigenvalue weighted by molar-refractivity contribution is 0.479. The van der Waals surface area contributed by atoms with Gasteiger partial charge >= 0.3 is 0 Å². The van der Waals surface area contributed by atoms with E-state index >= 15 is 0 Å². The lowest BCUT2D eigenvalue weighted by Crippen LogP contribution is -2.38. The third kappa shape index (κ3) is 2.56. The molecular formula is C9H13ClN4. The molecule has 14 heavy (non-hydrogen) atoms. The van der Waals surface area contributed by atoms with E-state index in [1.165, 1.54) is 12.8 Å². The second kappa shape index (κ2) is 4.57. The highest BCUT2D eigenvalue weighted by Crippen LogP contribution is 2.11. The molecule has 1 aliphatic rings. The monoisotopic (exact) mass is 212 g/mol. The lowest BCUT2D eigenvalue weighted by atomic mass is 10.1. The van der Waals surface area contributed by atoms with Gasteiger partial charge in [-0.05, 0) is 37.1 Å². The number of anilines is 1. The molecule has 2 N–H and O–H groups in total. The van der Waals surface area contributed by atoms with Gasteiger partial charge in [0.2, 0.25) is 5.28 Å². The van der Waals surface area contributed by atoms with Crippen LogP contribution in [-0.2, 0) is 0 Å². The normalized spacial score (nSPS) is 21.9. The second-order valence-corrected chi connectivity index (χ2v) is 3.74. The Balaban J connectivity index is 1.95. The average Bonchev–Trinajstić information content (AvgIpc) is 2.19. The summed E-state index contributed by atoms with van der Waals surface area (Å²) in [5.74, 6) is 0.804. The van der Waals surface area contributed by atoms with E-state index in [-0.39, 0.29) is 0 Å². The van der Waals surface area contributed by atoms with Crippen LogP contribution in [0.3, 0.4) is 0 Å². The van der Waals surface area contributed by atoms with Gasteiger partial charge in [-0.15, -0.1) is 0 Å². The number of nitrogens with zero attached hydrogens (tertiary/aromatic N) is 2. The quantitative estimate of drug-likeness (QED) is 0.726. The molecule has 4 nitrogen and oxygen atoms in total. The van der Waals surface area contributed by atoms with E-state index in [9.17, 15) is 0 Å². The van der Waals surface area contributed by atoms with Crippen molar-refractivity contribution >= 4 is 17.4 Å². The van der Waals surface area contributed by atoms with Crippen LogP contribution in [0.4, 0.5) is 5.82 Å². The van der Waals surface area contributed by atoms with Crippen LogP contribution in [0.2, 0.25) is 5.28 Å². The van der Waals surface area contributed by atoms with Crippen LogP contribution in [0.15, 0.2) is 12.3 Å². The van der Waals surface area contributed by atoms with Crippen LogP contribution in [-0.4, -0.2) is 29.1 Å². The molecule has 2 heterocycles. The summed E-state index contributed by atoms with van der Waals surface area (Å²) in [5, 5.41) is 6.94. The van der Waals surface area contributed by atoms with Gasteiger partial charge in [-0.1, -0.05) is 0 Å². The van der Waals surface area contributed by atoms with Gasteiger partial charge in [0.15, 0.2) is 0 Å². The molecule has 0 aliphatic carbocycles. The first-order valence-electron chi connectivity index (χ1n) is 4.80. The first kappa shape index (κ1) is 9.68. The van der Waals surface area contributed by atoms with Crippen LogP contribution in [0.5, 0.6) is 0 Å². The molecule has 0 amide bonds. The van der Waals surface area contributed by atoms with Crippen molar-refractivity contribution in [3.8, 4) is 0 Å². The minimum atomic E-state index is 0.291. The number of hydrogen-bond donors (Lipinski definition) is 2. The maximum atomic E-state index is 5.68. The molecule has 1 fully saturated rings. The fourth-order valence-corrected chi connectivity index (χ4v) is 1.75. The summed E-state index contributed by atoms with van der Waals surface area (Å²) < 4.78 is 0. The number of rotatable bonds is 2. The van der Waals surface area contributed by atoms with Crippen LogP contribution in [0, 0.1) is 0 Å². The van der Waals surface area contributed by atoms with Crippen molar-refractivity contribution < 1.29 is 0 Å². The van der Waals surface area contributed by atoms with E-state index in [1.807, 2.05) is 6.07 Å². The zero-order chi connectivity index (χ0) is 9.80. The van der Waals surface area contributed by atoms with Crippen molar-refractivity contribution in [2.45, 2.75) is 18.9 Å².